The van der Waals surface area contributed by atoms with E-state index in [1.165, 1.54) is 0 Å². The number of ether oxygens (including phenoxy) is 6. The van der Waals surface area contributed by atoms with Gasteiger partial charge in [-0.05, 0) is 41.5 Å². The predicted octanol–water partition coefficient (Wildman–Crippen LogP) is 1.33. The van der Waals surface area contributed by atoms with Crippen LogP contribution in [-0.2, 0) is 28.4 Å². The van der Waals surface area contributed by atoms with Gasteiger partial charge in [0.25, 0.3) is 0 Å². The monoisotopic (exact) mass is 408 g/mol. The highest BCUT2D eigenvalue weighted by Gasteiger charge is 2.10. The lowest BCUT2D eigenvalue weighted by molar-refractivity contribution is -0.0873. The van der Waals surface area contributed by atoms with Gasteiger partial charge in [-0.25, -0.2) is 0 Å². The minimum atomic E-state index is -0.0129. The van der Waals surface area contributed by atoms with E-state index >= 15 is 0 Å². The molecule has 170 valence electrons. The molecule has 28 heavy (non-hydrogen) atoms. The van der Waals surface area contributed by atoms with Crippen molar-refractivity contribution in [1.82, 2.24) is 0 Å². The lowest BCUT2D eigenvalue weighted by Crippen LogP contribution is -2.29. The summed E-state index contributed by atoms with van der Waals surface area (Å²) in [4.78, 5) is 0. The Morgan fingerprint density at radius 3 is 1.43 bits per heavy atom. The molecule has 6 unspecified atom stereocenters. The third-order valence-electron chi connectivity index (χ3n) is 3.59. The van der Waals surface area contributed by atoms with E-state index < -0.39 is 0 Å². The second-order valence-corrected chi connectivity index (χ2v) is 7.68. The zero-order valence-electron chi connectivity index (χ0n) is 18.7. The summed E-state index contributed by atoms with van der Waals surface area (Å²) >= 11 is 0. The van der Waals surface area contributed by atoms with Crippen molar-refractivity contribution in [3.63, 3.8) is 0 Å². The van der Waals surface area contributed by atoms with Crippen molar-refractivity contribution < 1.29 is 28.4 Å². The van der Waals surface area contributed by atoms with Crippen molar-refractivity contribution in [2.24, 2.45) is 11.5 Å². The van der Waals surface area contributed by atoms with Crippen molar-refractivity contribution in [3.8, 4) is 0 Å². The first-order valence-corrected chi connectivity index (χ1v) is 10.3. The topological polar surface area (TPSA) is 107 Å². The van der Waals surface area contributed by atoms with Crippen LogP contribution in [0.5, 0.6) is 0 Å². The fourth-order valence-electron chi connectivity index (χ4n) is 2.09. The van der Waals surface area contributed by atoms with Crippen LogP contribution < -0.4 is 11.5 Å². The summed E-state index contributed by atoms with van der Waals surface area (Å²) < 4.78 is 33.7. The number of hydrogen-bond acceptors (Lipinski definition) is 8. The molecule has 0 bridgehead atoms. The van der Waals surface area contributed by atoms with Crippen LogP contribution in [0.2, 0.25) is 0 Å². The molecule has 8 heteroatoms. The Morgan fingerprint density at radius 2 is 0.893 bits per heavy atom. The first-order valence-electron chi connectivity index (χ1n) is 10.3. The smallest absolute Gasteiger partial charge is 0.0781 e. The lowest BCUT2D eigenvalue weighted by Gasteiger charge is -2.20. The van der Waals surface area contributed by atoms with Gasteiger partial charge >= 0.3 is 0 Å². The van der Waals surface area contributed by atoms with E-state index in [4.69, 9.17) is 39.9 Å². The van der Waals surface area contributed by atoms with Gasteiger partial charge in [-0.2, -0.15) is 0 Å². The predicted molar refractivity (Wildman–Crippen MR) is 111 cm³/mol. The van der Waals surface area contributed by atoms with E-state index in [1.807, 2.05) is 41.5 Å². The van der Waals surface area contributed by atoms with Crippen LogP contribution in [-0.4, -0.2) is 89.4 Å². The molecule has 0 aromatic heterocycles. The Bertz CT molecular complexity index is 347. The van der Waals surface area contributed by atoms with E-state index in [0.717, 1.165) is 0 Å². The molecule has 0 saturated heterocycles. The average molecular weight is 409 g/mol. The Hall–Kier alpha value is -0.320. The molecule has 0 radical (unpaired) electrons. The largest absolute Gasteiger partial charge is 0.377 e. The molecule has 0 aliphatic carbocycles. The fraction of sp³-hybridized carbons (Fsp3) is 1.00. The Morgan fingerprint density at radius 1 is 0.464 bits per heavy atom. The van der Waals surface area contributed by atoms with E-state index in [-0.39, 0.29) is 36.5 Å². The van der Waals surface area contributed by atoms with Crippen LogP contribution >= 0.6 is 0 Å². The van der Waals surface area contributed by atoms with Crippen LogP contribution in [0.15, 0.2) is 0 Å². The minimum absolute atomic E-state index is 0.00931. The van der Waals surface area contributed by atoms with Crippen LogP contribution in [0.3, 0.4) is 0 Å². The highest BCUT2D eigenvalue weighted by molar-refractivity contribution is 4.57. The van der Waals surface area contributed by atoms with Gasteiger partial charge in [-0.15, -0.1) is 0 Å². The second-order valence-electron chi connectivity index (χ2n) is 7.68. The van der Waals surface area contributed by atoms with Crippen molar-refractivity contribution >= 4 is 0 Å². The molecule has 8 nitrogen and oxygen atoms in total. The van der Waals surface area contributed by atoms with Gasteiger partial charge in [0.05, 0.1) is 77.3 Å². The Labute approximate surface area is 171 Å². The molecule has 0 aromatic carbocycles. The summed E-state index contributed by atoms with van der Waals surface area (Å²) in [5.41, 5.74) is 11.3. The molecule has 0 heterocycles. The van der Waals surface area contributed by atoms with E-state index in [9.17, 15) is 0 Å². The maximum Gasteiger partial charge on any atom is 0.0781 e. The highest BCUT2D eigenvalue weighted by Crippen LogP contribution is 2.01. The third-order valence-corrected chi connectivity index (χ3v) is 3.59. The molecular weight excluding hydrogens is 364 g/mol. The maximum atomic E-state index is 5.76. The average Bonchev–Trinajstić information content (AvgIpc) is 2.62. The summed E-state index contributed by atoms with van der Waals surface area (Å²) in [7, 11) is 0. The summed E-state index contributed by atoms with van der Waals surface area (Å²) in [6.07, 6.45) is 0.0138. The van der Waals surface area contributed by atoms with Crippen molar-refractivity contribution in [1.29, 1.82) is 0 Å². The van der Waals surface area contributed by atoms with E-state index in [1.54, 1.807) is 0 Å². The SMILES string of the molecule is CC(N)COCC(C)OCC(C)OCC(C)OCCOCC(C)OCC(C)N. The molecule has 0 aliphatic rings. The molecule has 0 saturated carbocycles. The van der Waals surface area contributed by atoms with Gasteiger partial charge in [-0.3, -0.25) is 0 Å². The molecule has 0 spiro atoms. The fourth-order valence-corrected chi connectivity index (χ4v) is 2.09. The van der Waals surface area contributed by atoms with Gasteiger partial charge in [0.1, 0.15) is 0 Å². The van der Waals surface area contributed by atoms with Crippen LogP contribution in [0.25, 0.3) is 0 Å². The Kier molecular flexibility index (Phi) is 17.3. The van der Waals surface area contributed by atoms with Crippen LogP contribution in [0.4, 0.5) is 0 Å². The molecule has 0 aromatic rings. The van der Waals surface area contributed by atoms with Crippen molar-refractivity contribution in [2.75, 3.05) is 52.9 Å². The third kappa shape index (κ3) is 19.0. The number of hydrogen-bond donors (Lipinski definition) is 2. The molecule has 0 aliphatic heterocycles. The van der Waals surface area contributed by atoms with E-state index in [0.29, 0.717) is 52.9 Å². The van der Waals surface area contributed by atoms with Gasteiger partial charge in [0.15, 0.2) is 0 Å². The summed E-state index contributed by atoms with van der Waals surface area (Å²) in [6, 6.07) is 0.0778. The summed E-state index contributed by atoms with van der Waals surface area (Å²) in [6.45, 7) is 15.9. The first kappa shape index (κ1) is 27.7. The second kappa shape index (κ2) is 17.5. The highest BCUT2D eigenvalue weighted by atomic mass is 16.6. The van der Waals surface area contributed by atoms with Gasteiger partial charge < -0.3 is 39.9 Å². The van der Waals surface area contributed by atoms with Gasteiger partial charge in [-0.1, -0.05) is 0 Å². The van der Waals surface area contributed by atoms with Gasteiger partial charge in [0, 0.05) is 12.1 Å². The van der Waals surface area contributed by atoms with Gasteiger partial charge in [0.2, 0.25) is 0 Å². The lowest BCUT2D eigenvalue weighted by atomic mass is 10.3. The zero-order chi connectivity index (χ0) is 21.4. The number of rotatable bonds is 19. The molecule has 0 fully saturated rings. The quantitative estimate of drug-likeness (QED) is 0.308. The van der Waals surface area contributed by atoms with Crippen LogP contribution in [0, 0.1) is 0 Å². The minimum Gasteiger partial charge on any atom is -0.377 e. The summed E-state index contributed by atoms with van der Waals surface area (Å²) in [5.74, 6) is 0. The normalized spacial score (nSPS) is 18.4. The van der Waals surface area contributed by atoms with Crippen molar-refractivity contribution in [2.45, 2.75) is 78.0 Å². The van der Waals surface area contributed by atoms with Crippen molar-refractivity contribution in [3.05, 3.63) is 0 Å². The first-order chi connectivity index (χ1) is 13.2. The molecule has 6 atom stereocenters. The Balaban J connectivity index is 3.58. The molecular formula is C20H44N2O6. The standard InChI is InChI=1S/C20H44N2O6/c1-15(21)9-24-12-18(4)27-14-20(6)28-13-19(5)25-8-7-23-11-17(3)26-10-16(2)22/h15-20H,7-14,21-22H2,1-6H3. The van der Waals surface area contributed by atoms with E-state index in [2.05, 4.69) is 0 Å². The number of nitrogens with two attached hydrogens (primary N) is 2. The summed E-state index contributed by atoms with van der Waals surface area (Å²) in [5, 5.41) is 0. The molecule has 4 N–H and O–H groups in total. The molecule has 0 rings (SSSR count). The maximum absolute atomic E-state index is 5.76. The van der Waals surface area contributed by atoms with Crippen LogP contribution in [0.1, 0.15) is 41.5 Å². The zero-order valence-corrected chi connectivity index (χ0v) is 18.7. The molecule has 0 amide bonds.